The van der Waals surface area contributed by atoms with Crippen LogP contribution in [0.1, 0.15) is 5.56 Å². The number of halogens is 1. The van der Waals surface area contributed by atoms with Gasteiger partial charge in [0, 0.05) is 29.5 Å². The molecule has 1 aromatic carbocycles. The van der Waals surface area contributed by atoms with Crippen molar-refractivity contribution in [2.45, 2.75) is 6.42 Å². The van der Waals surface area contributed by atoms with Gasteiger partial charge in [-0.15, -0.1) is 0 Å². The summed E-state index contributed by atoms with van der Waals surface area (Å²) < 4.78 is 1.02. The molecular weight excluding hydrogens is 278 g/mol. The van der Waals surface area contributed by atoms with Crippen LogP contribution in [0, 0.1) is 11.3 Å². The van der Waals surface area contributed by atoms with Crippen molar-refractivity contribution in [3.05, 3.63) is 34.3 Å². The number of rotatable bonds is 2. The molecule has 0 bridgehead atoms. The highest BCUT2D eigenvalue weighted by Gasteiger charge is 2.08. The zero-order chi connectivity index (χ0) is 12.4. The number of anilines is 1. The molecule has 1 aromatic heterocycles. The van der Waals surface area contributed by atoms with Crippen molar-refractivity contribution >= 4 is 32.7 Å². The molecule has 0 saturated heterocycles. The van der Waals surface area contributed by atoms with Gasteiger partial charge in [-0.05, 0) is 24.3 Å². The van der Waals surface area contributed by atoms with Gasteiger partial charge in [-0.2, -0.15) is 5.26 Å². The van der Waals surface area contributed by atoms with Crippen LogP contribution in [0.25, 0.3) is 10.9 Å². The molecule has 0 saturated carbocycles. The first kappa shape index (κ1) is 11.9. The second kappa shape index (κ2) is 4.72. The van der Waals surface area contributed by atoms with Gasteiger partial charge in [-0.25, -0.2) is 4.98 Å². The summed E-state index contributed by atoms with van der Waals surface area (Å²) in [5.41, 5.74) is 1.90. The molecule has 2 aromatic rings. The largest absolute Gasteiger partial charge is 0.362 e. The first-order valence-corrected chi connectivity index (χ1v) is 6.04. The molecule has 0 aliphatic heterocycles. The van der Waals surface area contributed by atoms with E-state index in [9.17, 15) is 0 Å². The Kier molecular flexibility index (Phi) is 3.30. The van der Waals surface area contributed by atoms with Gasteiger partial charge in [0.2, 0.25) is 0 Å². The predicted octanol–water partition coefficient (Wildman–Crippen LogP) is 3.13. The Bertz CT molecular complexity index is 599. The van der Waals surface area contributed by atoms with E-state index in [2.05, 4.69) is 27.0 Å². The molecule has 2 rings (SSSR count). The van der Waals surface area contributed by atoms with Crippen LogP contribution in [0.4, 0.5) is 5.82 Å². The van der Waals surface area contributed by atoms with Crippen molar-refractivity contribution in [3.63, 3.8) is 0 Å². The number of nitriles is 1. The first-order valence-electron chi connectivity index (χ1n) is 5.25. The van der Waals surface area contributed by atoms with E-state index in [-0.39, 0.29) is 0 Å². The summed E-state index contributed by atoms with van der Waals surface area (Å²) in [6, 6.07) is 10.2. The van der Waals surface area contributed by atoms with Crippen LogP contribution in [0.2, 0.25) is 0 Å². The molecule has 0 N–H and O–H groups in total. The number of fused-ring (bicyclic) bond motifs is 1. The molecule has 17 heavy (non-hydrogen) atoms. The van der Waals surface area contributed by atoms with E-state index < -0.39 is 0 Å². The van der Waals surface area contributed by atoms with Gasteiger partial charge in [0.15, 0.2) is 0 Å². The minimum Gasteiger partial charge on any atom is -0.362 e. The number of hydrogen-bond donors (Lipinski definition) is 0. The molecule has 0 radical (unpaired) electrons. The standard InChI is InChI=1S/C13H12BrN3/c1-17(2)13-9(5-6-15)7-10-8-11(14)3-4-12(10)16-13/h3-4,7-8H,5H2,1-2H3. The van der Waals surface area contributed by atoms with Gasteiger partial charge in [0.25, 0.3) is 0 Å². The topological polar surface area (TPSA) is 39.9 Å². The zero-order valence-corrected chi connectivity index (χ0v) is 11.3. The Labute approximate surface area is 109 Å². The van der Waals surface area contributed by atoms with Crippen molar-refractivity contribution < 1.29 is 0 Å². The molecule has 0 atom stereocenters. The van der Waals surface area contributed by atoms with Crippen molar-refractivity contribution in [2.24, 2.45) is 0 Å². The fourth-order valence-electron chi connectivity index (χ4n) is 1.78. The Morgan fingerprint density at radius 2 is 2.12 bits per heavy atom. The molecule has 0 spiro atoms. The lowest BCUT2D eigenvalue weighted by molar-refractivity contribution is 1.05. The minimum atomic E-state index is 0.378. The van der Waals surface area contributed by atoms with Crippen molar-refractivity contribution in [1.82, 2.24) is 4.98 Å². The van der Waals surface area contributed by atoms with E-state index in [1.165, 1.54) is 0 Å². The minimum absolute atomic E-state index is 0.378. The van der Waals surface area contributed by atoms with E-state index in [4.69, 9.17) is 5.26 Å². The second-order valence-electron chi connectivity index (χ2n) is 4.04. The third-order valence-corrected chi connectivity index (χ3v) is 3.02. The summed E-state index contributed by atoms with van der Waals surface area (Å²) in [5, 5.41) is 9.90. The number of pyridine rings is 1. The molecule has 4 heteroatoms. The van der Waals surface area contributed by atoms with Crippen LogP contribution in [0.15, 0.2) is 28.7 Å². The van der Waals surface area contributed by atoms with E-state index >= 15 is 0 Å². The Hall–Kier alpha value is -1.60. The van der Waals surface area contributed by atoms with Gasteiger partial charge < -0.3 is 4.90 Å². The molecule has 0 unspecified atom stereocenters. The van der Waals surface area contributed by atoms with Crippen LogP contribution in [-0.4, -0.2) is 19.1 Å². The van der Waals surface area contributed by atoms with Crippen LogP contribution in [0.3, 0.4) is 0 Å². The van der Waals surface area contributed by atoms with E-state index in [1.807, 2.05) is 43.3 Å². The summed E-state index contributed by atoms with van der Waals surface area (Å²) in [6.45, 7) is 0. The molecule has 0 aliphatic carbocycles. The summed E-state index contributed by atoms with van der Waals surface area (Å²) in [4.78, 5) is 6.53. The number of hydrogen-bond acceptors (Lipinski definition) is 3. The molecule has 0 aliphatic rings. The monoisotopic (exact) mass is 289 g/mol. The molecular formula is C13H12BrN3. The number of nitrogens with zero attached hydrogens (tertiary/aromatic N) is 3. The lowest BCUT2D eigenvalue weighted by Crippen LogP contribution is -2.13. The third-order valence-electron chi connectivity index (χ3n) is 2.53. The highest BCUT2D eigenvalue weighted by molar-refractivity contribution is 9.10. The highest BCUT2D eigenvalue weighted by Crippen LogP contribution is 2.25. The van der Waals surface area contributed by atoms with Gasteiger partial charge in [0.1, 0.15) is 5.82 Å². The molecule has 0 amide bonds. The van der Waals surface area contributed by atoms with E-state index in [0.29, 0.717) is 6.42 Å². The molecule has 0 fully saturated rings. The van der Waals surface area contributed by atoms with Crippen molar-refractivity contribution in [1.29, 1.82) is 5.26 Å². The SMILES string of the molecule is CN(C)c1nc2ccc(Br)cc2cc1CC#N. The summed E-state index contributed by atoms with van der Waals surface area (Å²) in [5.74, 6) is 0.862. The fraction of sp³-hybridized carbons (Fsp3) is 0.231. The lowest BCUT2D eigenvalue weighted by Gasteiger charge is -2.16. The zero-order valence-electron chi connectivity index (χ0n) is 9.74. The quantitative estimate of drug-likeness (QED) is 0.853. The molecule has 1 heterocycles. The first-order chi connectivity index (χ1) is 8.11. The Balaban J connectivity index is 2.68. The average Bonchev–Trinajstić information content (AvgIpc) is 2.28. The molecule has 86 valence electrons. The smallest absolute Gasteiger partial charge is 0.133 e. The highest BCUT2D eigenvalue weighted by atomic mass is 79.9. The fourth-order valence-corrected chi connectivity index (χ4v) is 2.16. The summed E-state index contributed by atoms with van der Waals surface area (Å²) in [6.07, 6.45) is 0.378. The van der Waals surface area contributed by atoms with Crippen molar-refractivity contribution in [2.75, 3.05) is 19.0 Å². The maximum absolute atomic E-state index is 8.85. The van der Waals surface area contributed by atoms with Crippen LogP contribution >= 0.6 is 15.9 Å². The third kappa shape index (κ3) is 2.40. The van der Waals surface area contributed by atoms with Crippen molar-refractivity contribution in [3.8, 4) is 6.07 Å². The average molecular weight is 290 g/mol. The number of benzene rings is 1. The normalized spacial score (nSPS) is 10.2. The van der Waals surface area contributed by atoms with Gasteiger partial charge in [0.05, 0.1) is 18.0 Å². The Morgan fingerprint density at radius 3 is 2.76 bits per heavy atom. The van der Waals surface area contributed by atoms with E-state index in [0.717, 1.165) is 26.8 Å². The maximum atomic E-state index is 8.85. The van der Waals surface area contributed by atoms with Gasteiger partial charge in [-0.1, -0.05) is 15.9 Å². The second-order valence-corrected chi connectivity index (χ2v) is 4.95. The molecule has 3 nitrogen and oxygen atoms in total. The maximum Gasteiger partial charge on any atom is 0.133 e. The van der Waals surface area contributed by atoms with Gasteiger partial charge in [-0.3, -0.25) is 0 Å². The van der Waals surface area contributed by atoms with Crippen LogP contribution < -0.4 is 4.90 Å². The number of aromatic nitrogens is 1. The van der Waals surface area contributed by atoms with Crippen LogP contribution in [0.5, 0.6) is 0 Å². The summed E-state index contributed by atoms with van der Waals surface area (Å²) >= 11 is 3.44. The van der Waals surface area contributed by atoms with Gasteiger partial charge >= 0.3 is 0 Å². The van der Waals surface area contributed by atoms with Crippen LogP contribution in [-0.2, 0) is 6.42 Å². The Morgan fingerprint density at radius 1 is 1.35 bits per heavy atom. The lowest BCUT2D eigenvalue weighted by atomic mass is 10.1. The summed E-state index contributed by atoms with van der Waals surface area (Å²) in [7, 11) is 3.88. The van der Waals surface area contributed by atoms with E-state index in [1.54, 1.807) is 0 Å². The predicted molar refractivity (Wildman–Crippen MR) is 73.1 cm³/mol.